The standard InChI is InChI=1S/C13H25N3O/c1-2-3-9-15-12(17)16-13-7-5-4-6-11(13)14-10-8-13/h11,14H,2-10H2,1H3,(H2,15,16,17). The van der Waals surface area contributed by atoms with Gasteiger partial charge in [0.2, 0.25) is 0 Å². The first-order valence-corrected chi connectivity index (χ1v) is 7.06. The largest absolute Gasteiger partial charge is 0.338 e. The summed E-state index contributed by atoms with van der Waals surface area (Å²) >= 11 is 0. The van der Waals surface area contributed by atoms with Crippen molar-refractivity contribution in [2.24, 2.45) is 0 Å². The molecular weight excluding hydrogens is 214 g/mol. The lowest BCUT2D eigenvalue weighted by molar-refractivity contribution is 0.194. The average molecular weight is 239 g/mol. The molecule has 1 heterocycles. The number of rotatable bonds is 4. The Kier molecular flexibility index (Phi) is 4.26. The zero-order valence-corrected chi connectivity index (χ0v) is 10.8. The Bertz CT molecular complexity index is 269. The van der Waals surface area contributed by atoms with Gasteiger partial charge in [0.15, 0.2) is 0 Å². The van der Waals surface area contributed by atoms with Gasteiger partial charge in [-0.25, -0.2) is 4.79 Å². The third-order valence-corrected chi connectivity index (χ3v) is 4.17. The predicted octanol–water partition coefficient (Wildman–Crippen LogP) is 1.76. The Morgan fingerprint density at radius 1 is 1.41 bits per heavy atom. The van der Waals surface area contributed by atoms with Crippen LogP contribution in [0.15, 0.2) is 0 Å². The molecule has 0 aromatic rings. The molecule has 0 aromatic heterocycles. The SMILES string of the molecule is CCCCNC(=O)NC12CCCCC1NCC2. The molecule has 1 saturated heterocycles. The van der Waals surface area contributed by atoms with E-state index in [4.69, 9.17) is 0 Å². The highest BCUT2D eigenvalue weighted by molar-refractivity contribution is 5.75. The number of hydrogen-bond donors (Lipinski definition) is 3. The number of carbonyl (C=O) groups is 1. The van der Waals surface area contributed by atoms with Crippen LogP contribution in [-0.4, -0.2) is 30.7 Å². The van der Waals surface area contributed by atoms with Crippen LogP contribution < -0.4 is 16.0 Å². The summed E-state index contributed by atoms with van der Waals surface area (Å²) in [7, 11) is 0. The van der Waals surface area contributed by atoms with Crippen LogP contribution >= 0.6 is 0 Å². The van der Waals surface area contributed by atoms with Gasteiger partial charge in [-0.2, -0.15) is 0 Å². The normalized spacial score (nSPS) is 31.9. The second kappa shape index (κ2) is 5.71. The Hall–Kier alpha value is -0.770. The second-order valence-corrected chi connectivity index (χ2v) is 5.39. The third kappa shape index (κ3) is 2.92. The minimum atomic E-state index is 0.0223. The molecule has 2 unspecified atom stereocenters. The fourth-order valence-electron chi connectivity index (χ4n) is 3.17. The van der Waals surface area contributed by atoms with Crippen LogP contribution in [0.3, 0.4) is 0 Å². The summed E-state index contributed by atoms with van der Waals surface area (Å²) in [4.78, 5) is 11.9. The van der Waals surface area contributed by atoms with Gasteiger partial charge in [-0.1, -0.05) is 26.2 Å². The Balaban J connectivity index is 1.85. The van der Waals surface area contributed by atoms with Crippen molar-refractivity contribution in [2.75, 3.05) is 13.1 Å². The predicted molar refractivity (Wildman–Crippen MR) is 69.0 cm³/mol. The molecule has 4 nitrogen and oxygen atoms in total. The molecule has 0 bridgehead atoms. The van der Waals surface area contributed by atoms with E-state index in [2.05, 4.69) is 22.9 Å². The zero-order chi connectivity index (χ0) is 12.1. The molecule has 0 spiro atoms. The maximum Gasteiger partial charge on any atom is 0.315 e. The quantitative estimate of drug-likeness (QED) is 0.655. The van der Waals surface area contributed by atoms with Crippen LogP contribution in [-0.2, 0) is 0 Å². The molecule has 1 aliphatic carbocycles. The van der Waals surface area contributed by atoms with Crippen molar-refractivity contribution >= 4 is 6.03 Å². The van der Waals surface area contributed by atoms with Crippen molar-refractivity contribution in [1.82, 2.24) is 16.0 Å². The van der Waals surface area contributed by atoms with Crippen LogP contribution in [0.25, 0.3) is 0 Å². The van der Waals surface area contributed by atoms with Gasteiger partial charge in [0.25, 0.3) is 0 Å². The van der Waals surface area contributed by atoms with Crippen LogP contribution in [0.1, 0.15) is 51.9 Å². The van der Waals surface area contributed by atoms with Gasteiger partial charge in [0.05, 0.1) is 5.54 Å². The molecule has 1 saturated carbocycles. The number of nitrogens with one attached hydrogen (secondary N) is 3. The summed E-state index contributed by atoms with van der Waals surface area (Å²) in [6.07, 6.45) is 8.13. The van der Waals surface area contributed by atoms with Crippen LogP contribution in [0.2, 0.25) is 0 Å². The van der Waals surface area contributed by atoms with Gasteiger partial charge in [0.1, 0.15) is 0 Å². The first-order valence-electron chi connectivity index (χ1n) is 7.06. The molecule has 3 N–H and O–H groups in total. The van der Waals surface area contributed by atoms with E-state index < -0.39 is 0 Å². The molecule has 2 fully saturated rings. The fourth-order valence-corrected chi connectivity index (χ4v) is 3.17. The first kappa shape index (κ1) is 12.7. The Morgan fingerprint density at radius 3 is 3.12 bits per heavy atom. The molecule has 98 valence electrons. The molecule has 4 heteroatoms. The van der Waals surface area contributed by atoms with E-state index in [1.165, 1.54) is 19.3 Å². The summed E-state index contributed by atoms with van der Waals surface area (Å²) in [5.74, 6) is 0. The molecular formula is C13H25N3O. The van der Waals surface area contributed by atoms with E-state index >= 15 is 0 Å². The monoisotopic (exact) mass is 239 g/mol. The van der Waals surface area contributed by atoms with Gasteiger partial charge in [-0.3, -0.25) is 0 Å². The number of hydrogen-bond acceptors (Lipinski definition) is 2. The average Bonchev–Trinajstić information content (AvgIpc) is 2.72. The van der Waals surface area contributed by atoms with E-state index in [0.29, 0.717) is 6.04 Å². The highest BCUT2D eigenvalue weighted by Gasteiger charge is 2.45. The summed E-state index contributed by atoms with van der Waals surface area (Å²) in [6.45, 7) is 3.97. The number of fused-ring (bicyclic) bond motifs is 1. The van der Waals surface area contributed by atoms with Gasteiger partial charge in [-0.15, -0.1) is 0 Å². The number of urea groups is 1. The van der Waals surface area contributed by atoms with Crippen LogP contribution in [0, 0.1) is 0 Å². The van der Waals surface area contributed by atoms with Crippen molar-refractivity contribution in [3.05, 3.63) is 0 Å². The highest BCUT2D eigenvalue weighted by atomic mass is 16.2. The van der Waals surface area contributed by atoms with Crippen molar-refractivity contribution in [3.63, 3.8) is 0 Å². The molecule has 2 aliphatic rings. The molecule has 0 aromatic carbocycles. The summed E-state index contributed by atoms with van der Waals surface area (Å²) < 4.78 is 0. The lowest BCUT2D eigenvalue weighted by atomic mass is 9.78. The smallest absolute Gasteiger partial charge is 0.315 e. The van der Waals surface area contributed by atoms with Crippen molar-refractivity contribution < 1.29 is 4.79 Å². The Labute approximate surface area is 104 Å². The summed E-state index contributed by atoms with van der Waals surface area (Å²) in [6, 6.07) is 0.516. The lowest BCUT2D eigenvalue weighted by Crippen LogP contribution is -2.59. The minimum absolute atomic E-state index is 0.0223. The maximum absolute atomic E-state index is 11.9. The molecule has 2 rings (SSSR count). The van der Waals surface area contributed by atoms with E-state index in [9.17, 15) is 4.79 Å². The van der Waals surface area contributed by atoms with E-state index in [1.54, 1.807) is 0 Å². The van der Waals surface area contributed by atoms with E-state index in [-0.39, 0.29) is 11.6 Å². The Morgan fingerprint density at radius 2 is 2.29 bits per heavy atom. The highest BCUT2D eigenvalue weighted by Crippen LogP contribution is 2.34. The first-order chi connectivity index (χ1) is 8.27. The fraction of sp³-hybridized carbons (Fsp3) is 0.923. The minimum Gasteiger partial charge on any atom is -0.338 e. The molecule has 0 radical (unpaired) electrons. The molecule has 1 aliphatic heterocycles. The summed E-state index contributed by atoms with van der Waals surface area (Å²) in [5.41, 5.74) is 0.0363. The molecule has 2 atom stereocenters. The lowest BCUT2D eigenvalue weighted by Gasteiger charge is -2.39. The van der Waals surface area contributed by atoms with Gasteiger partial charge in [-0.05, 0) is 32.2 Å². The van der Waals surface area contributed by atoms with Gasteiger partial charge >= 0.3 is 6.03 Å². The van der Waals surface area contributed by atoms with E-state index in [0.717, 1.165) is 38.8 Å². The zero-order valence-electron chi connectivity index (χ0n) is 10.8. The number of carbonyl (C=O) groups excluding carboxylic acids is 1. The van der Waals surface area contributed by atoms with Crippen LogP contribution in [0.5, 0.6) is 0 Å². The third-order valence-electron chi connectivity index (χ3n) is 4.17. The van der Waals surface area contributed by atoms with E-state index in [1.807, 2.05) is 0 Å². The second-order valence-electron chi connectivity index (χ2n) is 5.39. The molecule has 2 amide bonds. The topological polar surface area (TPSA) is 53.2 Å². The van der Waals surface area contributed by atoms with Crippen LogP contribution in [0.4, 0.5) is 4.79 Å². The van der Waals surface area contributed by atoms with Gasteiger partial charge < -0.3 is 16.0 Å². The van der Waals surface area contributed by atoms with Crippen molar-refractivity contribution in [3.8, 4) is 0 Å². The number of amides is 2. The molecule has 17 heavy (non-hydrogen) atoms. The number of unbranched alkanes of at least 4 members (excludes halogenated alkanes) is 1. The van der Waals surface area contributed by atoms with Gasteiger partial charge in [0, 0.05) is 12.6 Å². The van der Waals surface area contributed by atoms with Crippen molar-refractivity contribution in [1.29, 1.82) is 0 Å². The van der Waals surface area contributed by atoms with Crippen molar-refractivity contribution in [2.45, 2.75) is 63.5 Å². The maximum atomic E-state index is 11.9. The summed E-state index contributed by atoms with van der Waals surface area (Å²) in [5, 5.41) is 9.73.